The average Bonchev–Trinajstić information content (AvgIpc) is 2.67. The largest absolute Gasteiger partial charge is 0.508 e. The number of hydrogen-bond donors (Lipinski definition) is 2. The van der Waals surface area contributed by atoms with Gasteiger partial charge in [0.05, 0.1) is 22.5 Å². The number of rotatable bonds is 3. The number of alkyl halides is 3. The van der Waals surface area contributed by atoms with Crippen molar-refractivity contribution in [1.29, 1.82) is 0 Å². The molecule has 7 nitrogen and oxygen atoms in total. The van der Waals surface area contributed by atoms with E-state index in [4.69, 9.17) is 4.74 Å². The highest BCUT2D eigenvalue weighted by Crippen LogP contribution is 2.37. The zero-order valence-corrected chi connectivity index (χ0v) is 15.9. The molecule has 1 aliphatic rings. The van der Waals surface area contributed by atoms with Gasteiger partial charge in [0, 0.05) is 0 Å². The van der Waals surface area contributed by atoms with Gasteiger partial charge in [-0.25, -0.2) is 4.79 Å². The lowest BCUT2D eigenvalue weighted by atomic mass is 10.1. The molecule has 1 heterocycles. The van der Waals surface area contributed by atoms with Crippen LogP contribution in [0.1, 0.15) is 28.4 Å². The molecule has 2 N–H and O–H groups in total. The zero-order chi connectivity index (χ0) is 22.2. The van der Waals surface area contributed by atoms with Crippen LogP contribution >= 0.6 is 0 Å². The first-order valence-electron chi connectivity index (χ1n) is 8.80. The standard InChI is InChI=1S/C20H17F3N2O5/c1-10-3-4-12(7-16(10)26)19(29)30-11(2)18(28)25-9-17(27)24-14-8-13(20(21,22)23)5-6-15(14)25/h3-8,11,26H,9H2,1-2H3,(H,24,27). The summed E-state index contributed by atoms with van der Waals surface area (Å²) in [5.41, 5.74) is -0.524. The first-order valence-corrected chi connectivity index (χ1v) is 8.80. The summed E-state index contributed by atoms with van der Waals surface area (Å²) in [7, 11) is 0. The fourth-order valence-electron chi connectivity index (χ4n) is 2.90. The number of halogens is 3. The van der Waals surface area contributed by atoms with Crippen molar-refractivity contribution in [2.45, 2.75) is 26.1 Å². The van der Waals surface area contributed by atoms with E-state index in [1.807, 2.05) is 0 Å². The van der Waals surface area contributed by atoms with Crippen LogP contribution in [0.4, 0.5) is 24.5 Å². The van der Waals surface area contributed by atoms with Crippen LogP contribution in [0, 0.1) is 6.92 Å². The quantitative estimate of drug-likeness (QED) is 0.741. The van der Waals surface area contributed by atoms with Crippen LogP contribution in [-0.4, -0.2) is 35.5 Å². The van der Waals surface area contributed by atoms with Crippen LogP contribution in [0.25, 0.3) is 0 Å². The molecule has 0 radical (unpaired) electrons. The molecule has 2 aromatic carbocycles. The summed E-state index contributed by atoms with van der Waals surface area (Å²) >= 11 is 0. The van der Waals surface area contributed by atoms with Crippen molar-refractivity contribution >= 4 is 29.2 Å². The van der Waals surface area contributed by atoms with E-state index < -0.39 is 42.2 Å². The van der Waals surface area contributed by atoms with Crippen LogP contribution in [0.3, 0.4) is 0 Å². The summed E-state index contributed by atoms with van der Waals surface area (Å²) in [5, 5.41) is 12.0. The van der Waals surface area contributed by atoms with Crippen molar-refractivity contribution in [3.63, 3.8) is 0 Å². The molecule has 0 saturated heterocycles. The molecule has 0 saturated carbocycles. The number of nitrogens with one attached hydrogen (secondary N) is 1. The van der Waals surface area contributed by atoms with Crippen LogP contribution in [-0.2, 0) is 20.5 Å². The number of aryl methyl sites for hydroxylation is 1. The Morgan fingerprint density at radius 2 is 1.90 bits per heavy atom. The van der Waals surface area contributed by atoms with Crippen LogP contribution in [0.15, 0.2) is 36.4 Å². The van der Waals surface area contributed by atoms with Crippen LogP contribution in [0.2, 0.25) is 0 Å². The number of esters is 1. The molecule has 158 valence electrons. The highest BCUT2D eigenvalue weighted by molar-refractivity contribution is 6.11. The lowest BCUT2D eigenvalue weighted by molar-refractivity contribution is -0.137. The maximum atomic E-state index is 12.9. The molecule has 0 aliphatic carbocycles. The fraction of sp³-hybridized carbons (Fsp3) is 0.250. The van der Waals surface area contributed by atoms with E-state index in [2.05, 4.69) is 5.32 Å². The number of ether oxygens (including phenoxy) is 1. The number of fused-ring (bicyclic) bond motifs is 1. The van der Waals surface area contributed by atoms with Gasteiger partial charge in [-0.2, -0.15) is 13.2 Å². The van der Waals surface area contributed by atoms with Crippen molar-refractivity contribution in [1.82, 2.24) is 0 Å². The number of nitrogens with zero attached hydrogens (tertiary/aromatic N) is 1. The lowest BCUT2D eigenvalue weighted by Gasteiger charge is -2.31. The minimum absolute atomic E-state index is 0.0179. The summed E-state index contributed by atoms with van der Waals surface area (Å²) in [4.78, 5) is 37.9. The SMILES string of the molecule is Cc1ccc(C(=O)OC(C)C(=O)N2CC(=O)Nc3cc(C(F)(F)F)ccc32)cc1O. The second-order valence-electron chi connectivity index (χ2n) is 6.75. The zero-order valence-electron chi connectivity index (χ0n) is 15.9. The third-order valence-corrected chi connectivity index (χ3v) is 4.53. The van der Waals surface area contributed by atoms with E-state index in [0.717, 1.165) is 23.1 Å². The molecule has 30 heavy (non-hydrogen) atoms. The van der Waals surface area contributed by atoms with Crippen molar-refractivity contribution < 1.29 is 37.4 Å². The number of phenolic OH excluding ortho intramolecular Hbond substituents is 1. The Kier molecular flexibility index (Phi) is 5.43. The number of benzene rings is 2. The summed E-state index contributed by atoms with van der Waals surface area (Å²) in [6.45, 7) is 2.48. The second-order valence-corrected chi connectivity index (χ2v) is 6.75. The Hall–Kier alpha value is -3.56. The summed E-state index contributed by atoms with van der Waals surface area (Å²) in [5.74, 6) is -2.46. The van der Waals surface area contributed by atoms with Crippen LogP contribution in [0.5, 0.6) is 5.75 Å². The van der Waals surface area contributed by atoms with Crippen molar-refractivity contribution in [2.75, 3.05) is 16.8 Å². The Labute approximate surface area is 169 Å². The van der Waals surface area contributed by atoms with E-state index in [0.29, 0.717) is 5.56 Å². The van der Waals surface area contributed by atoms with Gasteiger partial charge in [-0.15, -0.1) is 0 Å². The van der Waals surface area contributed by atoms with Gasteiger partial charge in [0.15, 0.2) is 6.10 Å². The molecule has 3 rings (SSSR count). The minimum atomic E-state index is -4.62. The van der Waals surface area contributed by atoms with Gasteiger partial charge in [-0.05, 0) is 49.7 Å². The number of anilines is 2. The Morgan fingerprint density at radius 3 is 2.53 bits per heavy atom. The normalized spacial score (nSPS) is 14.6. The second kappa shape index (κ2) is 7.69. The third-order valence-electron chi connectivity index (χ3n) is 4.53. The molecule has 2 amide bonds. The summed E-state index contributed by atoms with van der Waals surface area (Å²) in [6, 6.07) is 6.71. The molecule has 0 aromatic heterocycles. The van der Waals surface area contributed by atoms with Gasteiger partial charge in [-0.3, -0.25) is 14.5 Å². The molecule has 10 heteroatoms. The van der Waals surface area contributed by atoms with Gasteiger partial charge in [0.2, 0.25) is 5.91 Å². The number of carbonyl (C=O) groups is 3. The lowest BCUT2D eigenvalue weighted by Crippen LogP contribution is -2.47. The monoisotopic (exact) mass is 422 g/mol. The van der Waals surface area contributed by atoms with Gasteiger partial charge < -0.3 is 15.2 Å². The average molecular weight is 422 g/mol. The Morgan fingerprint density at radius 1 is 1.20 bits per heavy atom. The predicted octanol–water partition coefficient (Wildman–Crippen LogP) is 3.25. The van der Waals surface area contributed by atoms with E-state index in [1.165, 1.54) is 25.1 Å². The Balaban J connectivity index is 1.81. The molecule has 1 atom stereocenters. The van der Waals surface area contributed by atoms with E-state index in [1.54, 1.807) is 6.92 Å². The highest BCUT2D eigenvalue weighted by Gasteiger charge is 2.35. The highest BCUT2D eigenvalue weighted by atomic mass is 19.4. The third kappa shape index (κ3) is 4.22. The minimum Gasteiger partial charge on any atom is -0.508 e. The van der Waals surface area contributed by atoms with E-state index in [9.17, 15) is 32.7 Å². The molecule has 1 unspecified atom stereocenters. The topological polar surface area (TPSA) is 95.9 Å². The molecular weight excluding hydrogens is 405 g/mol. The van der Waals surface area contributed by atoms with E-state index in [-0.39, 0.29) is 22.7 Å². The number of amides is 2. The number of carbonyl (C=O) groups excluding carboxylic acids is 3. The molecule has 2 aromatic rings. The van der Waals surface area contributed by atoms with Crippen LogP contribution < -0.4 is 10.2 Å². The van der Waals surface area contributed by atoms with Gasteiger partial charge in [0.1, 0.15) is 12.3 Å². The first-order chi connectivity index (χ1) is 14.0. The maximum Gasteiger partial charge on any atom is 0.416 e. The molecule has 0 spiro atoms. The molecule has 0 bridgehead atoms. The van der Waals surface area contributed by atoms with E-state index >= 15 is 0 Å². The number of hydrogen-bond acceptors (Lipinski definition) is 5. The smallest absolute Gasteiger partial charge is 0.416 e. The fourth-order valence-corrected chi connectivity index (χ4v) is 2.90. The predicted molar refractivity (Wildman–Crippen MR) is 100 cm³/mol. The molecule has 0 fully saturated rings. The van der Waals surface area contributed by atoms with Crippen molar-refractivity contribution in [2.24, 2.45) is 0 Å². The van der Waals surface area contributed by atoms with Gasteiger partial charge in [0.25, 0.3) is 5.91 Å². The summed E-state index contributed by atoms with van der Waals surface area (Å²) in [6.07, 6.45) is -5.95. The Bertz CT molecular complexity index is 1040. The van der Waals surface area contributed by atoms with Crippen molar-refractivity contribution in [3.8, 4) is 5.75 Å². The first kappa shape index (κ1) is 21.2. The number of aromatic hydroxyl groups is 1. The molecular formula is C20H17F3N2O5. The number of phenols is 1. The maximum absolute atomic E-state index is 12.9. The van der Waals surface area contributed by atoms with Crippen molar-refractivity contribution in [3.05, 3.63) is 53.1 Å². The molecule has 1 aliphatic heterocycles. The van der Waals surface area contributed by atoms with Gasteiger partial charge in [-0.1, -0.05) is 6.07 Å². The summed E-state index contributed by atoms with van der Waals surface area (Å²) < 4.78 is 43.9. The van der Waals surface area contributed by atoms with Gasteiger partial charge >= 0.3 is 12.1 Å².